The molecule has 0 rings (SSSR count). The monoisotopic (exact) mass is 222 g/mol. The molecule has 0 spiro atoms. The first-order chi connectivity index (χ1) is 6.37. The maximum atomic E-state index is 11.2. The van der Waals surface area contributed by atoms with Crippen LogP contribution in [0.25, 0.3) is 0 Å². The lowest BCUT2D eigenvalue weighted by Gasteiger charge is -2.10. The first kappa shape index (κ1) is 13.4. The molecule has 0 saturated heterocycles. The van der Waals surface area contributed by atoms with E-state index >= 15 is 0 Å². The van der Waals surface area contributed by atoms with Gasteiger partial charge in [0, 0.05) is 12.8 Å². The maximum absolute atomic E-state index is 11.2. The molecule has 0 aliphatic rings. The normalized spacial score (nSPS) is 13.6. The second-order valence-corrected chi connectivity index (χ2v) is 5.58. The first-order valence-electron chi connectivity index (χ1n) is 4.58. The summed E-state index contributed by atoms with van der Waals surface area (Å²) in [5.41, 5.74) is 5.49. The Morgan fingerprint density at radius 3 is 2.50 bits per heavy atom. The Balaban J connectivity index is 3.84. The van der Waals surface area contributed by atoms with E-state index in [9.17, 15) is 13.2 Å². The molecule has 5 nitrogen and oxygen atoms in total. The van der Waals surface area contributed by atoms with Gasteiger partial charge in [0.1, 0.15) is 9.84 Å². The van der Waals surface area contributed by atoms with Gasteiger partial charge in [0.2, 0.25) is 5.91 Å². The second-order valence-electron chi connectivity index (χ2n) is 3.32. The lowest BCUT2D eigenvalue weighted by atomic mass is 10.2. The zero-order chi connectivity index (χ0) is 11.2. The van der Waals surface area contributed by atoms with Crippen LogP contribution in [-0.4, -0.2) is 38.9 Å². The summed E-state index contributed by atoms with van der Waals surface area (Å²) in [5.74, 6) is -0.330. The van der Waals surface area contributed by atoms with Crippen molar-refractivity contribution in [3.05, 3.63) is 0 Å². The van der Waals surface area contributed by atoms with Crippen LogP contribution in [0.2, 0.25) is 0 Å². The Kier molecular flexibility index (Phi) is 5.71. The van der Waals surface area contributed by atoms with Crippen LogP contribution in [0.3, 0.4) is 0 Å². The van der Waals surface area contributed by atoms with E-state index in [4.69, 9.17) is 5.73 Å². The third kappa shape index (κ3) is 6.85. The van der Waals surface area contributed by atoms with Gasteiger partial charge in [-0.15, -0.1) is 0 Å². The Bertz CT molecular complexity index is 274. The fraction of sp³-hybridized carbons (Fsp3) is 0.875. The van der Waals surface area contributed by atoms with Crippen molar-refractivity contribution in [2.24, 2.45) is 5.73 Å². The van der Waals surface area contributed by atoms with E-state index in [0.29, 0.717) is 6.54 Å². The molecule has 0 bridgehead atoms. The molecule has 6 heteroatoms. The van der Waals surface area contributed by atoms with Gasteiger partial charge in [0.15, 0.2) is 0 Å². The molecule has 0 aromatic heterocycles. The number of hydrogen-bond acceptors (Lipinski definition) is 4. The molecule has 0 aliphatic carbocycles. The van der Waals surface area contributed by atoms with Gasteiger partial charge in [-0.25, -0.2) is 8.42 Å². The summed E-state index contributed by atoms with van der Waals surface area (Å²) >= 11 is 0. The molecular weight excluding hydrogens is 204 g/mol. The van der Waals surface area contributed by atoms with Crippen LogP contribution >= 0.6 is 0 Å². The van der Waals surface area contributed by atoms with Crippen LogP contribution in [0, 0.1) is 0 Å². The molecule has 14 heavy (non-hydrogen) atoms. The molecule has 0 radical (unpaired) electrons. The highest BCUT2D eigenvalue weighted by Gasteiger charge is 2.14. The molecule has 0 heterocycles. The van der Waals surface area contributed by atoms with E-state index in [1.807, 2.05) is 6.92 Å². The van der Waals surface area contributed by atoms with Crippen molar-refractivity contribution < 1.29 is 13.2 Å². The smallest absolute Gasteiger partial charge is 0.236 e. The molecule has 0 saturated carbocycles. The number of nitrogens with one attached hydrogen (secondary N) is 1. The van der Waals surface area contributed by atoms with E-state index in [-0.39, 0.29) is 18.1 Å². The van der Waals surface area contributed by atoms with Gasteiger partial charge >= 0.3 is 0 Å². The van der Waals surface area contributed by atoms with Crippen LogP contribution < -0.4 is 11.1 Å². The van der Waals surface area contributed by atoms with Gasteiger partial charge < -0.3 is 11.1 Å². The molecule has 0 fully saturated rings. The van der Waals surface area contributed by atoms with E-state index < -0.39 is 15.9 Å². The van der Waals surface area contributed by atoms with Crippen molar-refractivity contribution in [2.45, 2.75) is 25.8 Å². The van der Waals surface area contributed by atoms with Crippen molar-refractivity contribution >= 4 is 15.7 Å². The summed E-state index contributed by atoms with van der Waals surface area (Å²) in [4.78, 5) is 11.2. The van der Waals surface area contributed by atoms with Crippen molar-refractivity contribution in [1.29, 1.82) is 0 Å². The van der Waals surface area contributed by atoms with Crippen molar-refractivity contribution in [1.82, 2.24) is 5.32 Å². The van der Waals surface area contributed by atoms with Gasteiger partial charge in [-0.05, 0) is 12.8 Å². The van der Waals surface area contributed by atoms with Crippen LogP contribution in [0.1, 0.15) is 19.8 Å². The molecule has 3 N–H and O–H groups in total. The highest BCUT2D eigenvalue weighted by Crippen LogP contribution is 1.93. The van der Waals surface area contributed by atoms with Crippen molar-refractivity contribution in [3.8, 4) is 0 Å². The predicted octanol–water partition coefficient (Wildman–Crippen LogP) is -0.725. The quantitative estimate of drug-likeness (QED) is 0.620. The van der Waals surface area contributed by atoms with Crippen molar-refractivity contribution in [2.75, 3.05) is 18.6 Å². The number of hydrogen-bond donors (Lipinski definition) is 2. The number of carbonyl (C=O) groups excluding carboxylic acids is 1. The lowest BCUT2D eigenvalue weighted by molar-refractivity contribution is -0.122. The average Bonchev–Trinajstić information content (AvgIpc) is 2.09. The number of rotatable bonds is 6. The largest absolute Gasteiger partial charge is 0.355 e. The van der Waals surface area contributed by atoms with Crippen LogP contribution in [0.15, 0.2) is 0 Å². The topological polar surface area (TPSA) is 89.3 Å². The maximum Gasteiger partial charge on any atom is 0.236 e. The van der Waals surface area contributed by atoms with Crippen LogP contribution in [-0.2, 0) is 14.6 Å². The molecule has 1 amide bonds. The van der Waals surface area contributed by atoms with Gasteiger partial charge in [0.25, 0.3) is 0 Å². The highest BCUT2D eigenvalue weighted by atomic mass is 32.2. The molecule has 0 aromatic carbocycles. The number of nitrogens with two attached hydrogens (primary N) is 1. The Hall–Kier alpha value is -0.620. The number of carbonyl (C=O) groups is 1. The number of sulfone groups is 1. The predicted molar refractivity (Wildman–Crippen MR) is 55.6 cm³/mol. The van der Waals surface area contributed by atoms with Gasteiger partial charge in [-0.2, -0.15) is 0 Å². The minimum Gasteiger partial charge on any atom is -0.355 e. The SMILES string of the molecule is CCCNC(=O)C(N)CCS(C)(=O)=O. The molecule has 1 unspecified atom stereocenters. The third-order valence-electron chi connectivity index (χ3n) is 1.69. The van der Waals surface area contributed by atoms with E-state index in [1.54, 1.807) is 0 Å². The van der Waals surface area contributed by atoms with Crippen LogP contribution in [0.5, 0.6) is 0 Å². The zero-order valence-electron chi connectivity index (χ0n) is 8.62. The summed E-state index contributed by atoms with van der Waals surface area (Å²) in [6.07, 6.45) is 2.14. The Morgan fingerprint density at radius 1 is 1.50 bits per heavy atom. The Labute approximate surface area is 85.0 Å². The molecule has 0 aliphatic heterocycles. The van der Waals surface area contributed by atoms with E-state index in [2.05, 4.69) is 5.32 Å². The van der Waals surface area contributed by atoms with Crippen molar-refractivity contribution in [3.63, 3.8) is 0 Å². The first-order valence-corrected chi connectivity index (χ1v) is 6.64. The van der Waals surface area contributed by atoms with Gasteiger partial charge in [-0.3, -0.25) is 4.79 Å². The minimum atomic E-state index is -3.03. The van der Waals surface area contributed by atoms with E-state index in [1.165, 1.54) is 0 Å². The van der Waals surface area contributed by atoms with Crippen LogP contribution in [0.4, 0.5) is 0 Å². The van der Waals surface area contributed by atoms with Gasteiger partial charge in [-0.1, -0.05) is 6.92 Å². The third-order valence-corrected chi connectivity index (χ3v) is 2.66. The highest BCUT2D eigenvalue weighted by molar-refractivity contribution is 7.90. The molecular formula is C8H18N2O3S. The average molecular weight is 222 g/mol. The summed E-state index contributed by atoms with van der Waals surface area (Å²) in [5, 5.41) is 2.61. The molecule has 0 aromatic rings. The van der Waals surface area contributed by atoms with E-state index in [0.717, 1.165) is 12.7 Å². The molecule has 1 atom stereocenters. The minimum absolute atomic E-state index is 0.0479. The summed E-state index contributed by atoms with van der Waals surface area (Å²) in [6, 6.07) is -0.726. The fourth-order valence-corrected chi connectivity index (χ4v) is 1.53. The Morgan fingerprint density at radius 2 is 2.07 bits per heavy atom. The summed E-state index contributed by atoms with van der Waals surface area (Å²) < 4.78 is 21.6. The standard InChI is InChI=1S/C8H18N2O3S/c1-3-5-10-8(11)7(9)4-6-14(2,12)13/h7H,3-6,9H2,1-2H3,(H,10,11). The number of amides is 1. The summed E-state index contributed by atoms with van der Waals surface area (Å²) in [6.45, 7) is 2.51. The fourth-order valence-electron chi connectivity index (χ4n) is 0.851. The lowest BCUT2D eigenvalue weighted by Crippen LogP contribution is -2.41. The second kappa shape index (κ2) is 5.98. The molecule has 84 valence electrons. The zero-order valence-corrected chi connectivity index (χ0v) is 9.43. The van der Waals surface area contributed by atoms with Gasteiger partial charge in [0.05, 0.1) is 11.8 Å². The summed E-state index contributed by atoms with van der Waals surface area (Å²) in [7, 11) is -3.03.